The van der Waals surface area contributed by atoms with Crippen LogP contribution < -0.4 is 4.90 Å². The van der Waals surface area contributed by atoms with Gasteiger partial charge in [0.05, 0.1) is 5.69 Å². The van der Waals surface area contributed by atoms with Crippen LogP contribution >= 0.6 is 11.3 Å². The Morgan fingerprint density at radius 2 is 0.942 bits per heavy atom. The van der Waals surface area contributed by atoms with E-state index < -0.39 is 0 Å². The highest BCUT2D eigenvalue weighted by atomic mass is 32.1. The molecule has 0 aliphatic heterocycles. The zero-order valence-electron chi connectivity index (χ0n) is 28.4. The molecular formula is C50H33NS. The lowest BCUT2D eigenvalue weighted by Crippen LogP contribution is -2.11. The summed E-state index contributed by atoms with van der Waals surface area (Å²) in [7, 11) is 0. The van der Waals surface area contributed by atoms with Crippen molar-refractivity contribution in [3.8, 4) is 33.4 Å². The van der Waals surface area contributed by atoms with E-state index >= 15 is 0 Å². The third-order valence-electron chi connectivity index (χ3n) is 10.3. The summed E-state index contributed by atoms with van der Waals surface area (Å²) >= 11 is 1.88. The van der Waals surface area contributed by atoms with E-state index in [1.807, 2.05) is 11.3 Å². The number of fused-ring (bicyclic) bond motifs is 5. The topological polar surface area (TPSA) is 3.24 Å². The third kappa shape index (κ3) is 5.24. The summed E-state index contributed by atoms with van der Waals surface area (Å²) < 4.78 is 2.62. The fourth-order valence-corrected chi connectivity index (χ4v) is 8.97. The standard InChI is InChI=1S/C50H33NS/c1-2-14-37-32-39(27-26-34(37)12-1)38-16-9-17-41(33-38)51(40-30-28-36(29-31-40)43-21-10-15-35-13-3-4-18-42(35)43)48-24-7-5-19-44(48)46-22-11-23-47-45-20-6-8-25-49(45)52-50(46)47/h1-33H. The molecule has 244 valence electrons. The summed E-state index contributed by atoms with van der Waals surface area (Å²) in [5.41, 5.74) is 10.6. The largest absolute Gasteiger partial charge is 0.310 e. The van der Waals surface area contributed by atoms with Gasteiger partial charge in [0.15, 0.2) is 0 Å². The zero-order valence-corrected chi connectivity index (χ0v) is 29.2. The van der Waals surface area contributed by atoms with Gasteiger partial charge in [-0.05, 0) is 86.3 Å². The number of rotatable bonds is 6. The minimum absolute atomic E-state index is 1.11. The molecule has 10 aromatic rings. The predicted octanol–water partition coefficient (Wildman–Crippen LogP) is 14.8. The maximum absolute atomic E-state index is 2.43. The van der Waals surface area contributed by atoms with Crippen LogP contribution in [0.1, 0.15) is 0 Å². The third-order valence-corrected chi connectivity index (χ3v) is 11.5. The first kappa shape index (κ1) is 30.4. The summed E-state index contributed by atoms with van der Waals surface area (Å²) in [6, 6.07) is 73.0. The minimum atomic E-state index is 1.11. The van der Waals surface area contributed by atoms with Crippen molar-refractivity contribution >= 4 is 70.1 Å². The van der Waals surface area contributed by atoms with E-state index in [4.69, 9.17) is 0 Å². The van der Waals surface area contributed by atoms with Gasteiger partial charge in [-0.25, -0.2) is 0 Å². The van der Waals surface area contributed by atoms with Gasteiger partial charge >= 0.3 is 0 Å². The molecule has 1 aromatic heterocycles. The molecule has 0 bridgehead atoms. The van der Waals surface area contributed by atoms with Crippen LogP contribution in [0.15, 0.2) is 200 Å². The Morgan fingerprint density at radius 3 is 1.85 bits per heavy atom. The molecule has 1 nitrogen and oxygen atoms in total. The fourth-order valence-electron chi connectivity index (χ4n) is 7.74. The van der Waals surface area contributed by atoms with Crippen molar-refractivity contribution in [2.24, 2.45) is 0 Å². The second kappa shape index (κ2) is 12.7. The predicted molar refractivity (Wildman–Crippen MR) is 225 cm³/mol. The molecule has 0 spiro atoms. The molecule has 9 aromatic carbocycles. The quantitative estimate of drug-likeness (QED) is 0.169. The number of anilines is 3. The van der Waals surface area contributed by atoms with Gasteiger partial charge in [0, 0.05) is 42.7 Å². The average molecular weight is 680 g/mol. The molecule has 0 fully saturated rings. The summed E-state index contributed by atoms with van der Waals surface area (Å²) in [6.45, 7) is 0. The molecule has 2 heteroatoms. The van der Waals surface area contributed by atoms with E-state index in [9.17, 15) is 0 Å². The van der Waals surface area contributed by atoms with E-state index in [1.54, 1.807) is 0 Å². The molecule has 10 rings (SSSR count). The molecule has 1 heterocycles. The first-order valence-corrected chi connectivity index (χ1v) is 18.6. The van der Waals surface area contributed by atoms with Crippen molar-refractivity contribution in [2.75, 3.05) is 4.90 Å². The van der Waals surface area contributed by atoms with Gasteiger partial charge in [0.25, 0.3) is 0 Å². The molecule has 0 atom stereocenters. The minimum Gasteiger partial charge on any atom is -0.310 e. The second-order valence-corrected chi connectivity index (χ2v) is 14.4. The van der Waals surface area contributed by atoms with Crippen molar-refractivity contribution in [3.63, 3.8) is 0 Å². The molecule has 0 radical (unpaired) electrons. The number of benzene rings is 9. The monoisotopic (exact) mass is 679 g/mol. The van der Waals surface area contributed by atoms with Crippen LogP contribution in [0.25, 0.3) is 75.1 Å². The smallest absolute Gasteiger partial charge is 0.0540 e. The number of hydrogen-bond donors (Lipinski definition) is 0. The Morgan fingerprint density at radius 1 is 0.327 bits per heavy atom. The number of nitrogens with zero attached hydrogens (tertiary/aromatic N) is 1. The fraction of sp³-hybridized carbons (Fsp3) is 0. The number of hydrogen-bond acceptors (Lipinski definition) is 2. The normalized spacial score (nSPS) is 11.5. The Kier molecular flexibility index (Phi) is 7.41. The van der Waals surface area contributed by atoms with Gasteiger partial charge in [0.2, 0.25) is 0 Å². The molecule has 0 aliphatic carbocycles. The lowest BCUT2D eigenvalue weighted by atomic mass is 9.97. The highest BCUT2D eigenvalue weighted by Gasteiger charge is 2.20. The lowest BCUT2D eigenvalue weighted by Gasteiger charge is -2.28. The second-order valence-electron chi connectivity index (χ2n) is 13.3. The first-order chi connectivity index (χ1) is 25.8. The molecular weight excluding hydrogens is 647 g/mol. The molecule has 0 N–H and O–H groups in total. The van der Waals surface area contributed by atoms with Crippen LogP contribution in [-0.2, 0) is 0 Å². The highest BCUT2D eigenvalue weighted by Crippen LogP contribution is 2.46. The van der Waals surface area contributed by atoms with Gasteiger partial charge in [-0.15, -0.1) is 11.3 Å². The molecule has 0 saturated heterocycles. The van der Waals surface area contributed by atoms with E-state index in [-0.39, 0.29) is 0 Å². The zero-order chi connectivity index (χ0) is 34.4. The lowest BCUT2D eigenvalue weighted by molar-refractivity contribution is 1.28. The van der Waals surface area contributed by atoms with E-state index in [0.29, 0.717) is 0 Å². The molecule has 0 amide bonds. The molecule has 0 unspecified atom stereocenters. The van der Waals surface area contributed by atoms with Crippen LogP contribution in [-0.4, -0.2) is 0 Å². The van der Waals surface area contributed by atoms with Gasteiger partial charge in [-0.1, -0.05) is 158 Å². The van der Waals surface area contributed by atoms with Gasteiger partial charge in [-0.2, -0.15) is 0 Å². The highest BCUT2D eigenvalue weighted by molar-refractivity contribution is 7.26. The Balaban J connectivity index is 1.16. The van der Waals surface area contributed by atoms with Crippen LogP contribution in [0, 0.1) is 0 Å². The maximum atomic E-state index is 2.43. The number of thiophene rings is 1. The van der Waals surface area contributed by atoms with Crippen LogP contribution in [0.5, 0.6) is 0 Å². The van der Waals surface area contributed by atoms with E-state index in [1.165, 1.54) is 75.1 Å². The Bertz CT molecular complexity index is 2910. The SMILES string of the molecule is c1cc(-c2ccc3ccccc3c2)cc(N(c2ccc(-c3cccc4ccccc34)cc2)c2ccccc2-c2cccc3c2sc2ccccc23)c1. The summed E-state index contributed by atoms with van der Waals surface area (Å²) in [5.74, 6) is 0. The molecule has 52 heavy (non-hydrogen) atoms. The average Bonchev–Trinajstić information content (AvgIpc) is 3.60. The van der Waals surface area contributed by atoms with Crippen molar-refractivity contribution in [3.05, 3.63) is 200 Å². The van der Waals surface area contributed by atoms with Gasteiger partial charge < -0.3 is 4.90 Å². The number of para-hydroxylation sites is 1. The van der Waals surface area contributed by atoms with Crippen LogP contribution in [0.2, 0.25) is 0 Å². The first-order valence-electron chi connectivity index (χ1n) is 17.8. The van der Waals surface area contributed by atoms with Crippen molar-refractivity contribution in [1.82, 2.24) is 0 Å². The summed E-state index contributed by atoms with van der Waals surface area (Å²) in [5, 5.41) is 7.62. The maximum Gasteiger partial charge on any atom is 0.0540 e. The summed E-state index contributed by atoms with van der Waals surface area (Å²) in [6.07, 6.45) is 0. The summed E-state index contributed by atoms with van der Waals surface area (Å²) in [4.78, 5) is 2.43. The Hall–Kier alpha value is -6.48. The van der Waals surface area contributed by atoms with Crippen molar-refractivity contribution in [2.45, 2.75) is 0 Å². The van der Waals surface area contributed by atoms with Crippen LogP contribution in [0.4, 0.5) is 17.1 Å². The van der Waals surface area contributed by atoms with Gasteiger partial charge in [-0.3, -0.25) is 0 Å². The van der Waals surface area contributed by atoms with Crippen molar-refractivity contribution in [1.29, 1.82) is 0 Å². The van der Waals surface area contributed by atoms with Crippen LogP contribution in [0.3, 0.4) is 0 Å². The van der Waals surface area contributed by atoms with Crippen molar-refractivity contribution < 1.29 is 0 Å². The van der Waals surface area contributed by atoms with E-state index in [2.05, 4.69) is 205 Å². The Labute approximate surface area is 307 Å². The van der Waals surface area contributed by atoms with Gasteiger partial charge in [0.1, 0.15) is 0 Å². The molecule has 0 saturated carbocycles. The molecule has 0 aliphatic rings. The van der Waals surface area contributed by atoms with E-state index in [0.717, 1.165) is 17.1 Å².